The van der Waals surface area contributed by atoms with Crippen molar-refractivity contribution < 1.29 is 24.2 Å². The van der Waals surface area contributed by atoms with Crippen LogP contribution < -0.4 is 0 Å². The van der Waals surface area contributed by atoms with Crippen LogP contribution in [0.25, 0.3) is 0 Å². The monoisotopic (exact) mass is 150 g/mol. The first-order valence-corrected chi connectivity index (χ1v) is 2.58. The summed E-state index contributed by atoms with van der Waals surface area (Å²) < 4.78 is 5.07. The molecule has 0 spiro atoms. The molecular formula is C5H10OZn. The Kier molecular flexibility index (Phi) is 5.13. The van der Waals surface area contributed by atoms with Gasteiger partial charge in [0.25, 0.3) is 0 Å². The summed E-state index contributed by atoms with van der Waals surface area (Å²) in [6.45, 7) is 2.00. The number of hydrogen-bond donors (Lipinski definition) is 0. The second kappa shape index (κ2) is 4.74. The van der Waals surface area contributed by atoms with Crippen molar-refractivity contribution in [3.05, 3.63) is 0 Å². The summed E-state index contributed by atoms with van der Waals surface area (Å²) in [5.74, 6) is 0. The third-order valence-electron chi connectivity index (χ3n) is 1.08. The molecule has 1 saturated heterocycles. The van der Waals surface area contributed by atoms with Gasteiger partial charge < -0.3 is 4.74 Å². The van der Waals surface area contributed by atoms with E-state index in [9.17, 15) is 0 Å². The summed E-state index contributed by atoms with van der Waals surface area (Å²) >= 11 is 0. The molecule has 38 valence electrons. The Hall–Kier alpha value is 0.583. The molecule has 0 N–H and O–H groups in total. The Morgan fingerprint density at radius 2 is 1.43 bits per heavy atom. The molecule has 1 aliphatic heterocycles. The second-order valence-electron chi connectivity index (χ2n) is 1.67. The van der Waals surface area contributed by atoms with Crippen LogP contribution in [0.5, 0.6) is 0 Å². The number of ether oxygens (including phenoxy) is 1. The molecule has 1 aliphatic rings. The Labute approximate surface area is 57.2 Å². The van der Waals surface area contributed by atoms with Gasteiger partial charge in [-0.1, -0.05) is 0 Å². The molecular weight excluding hydrogens is 141 g/mol. The molecule has 1 fully saturated rings. The molecule has 0 saturated carbocycles. The predicted molar refractivity (Wildman–Crippen MR) is 24.7 cm³/mol. The fourth-order valence-electron chi connectivity index (χ4n) is 0.687. The van der Waals surface area contributed by atoms with Gasteiger partial charge in [-0.2, -0.15) is 0 Å². The van der Waals surface area contributed by atoms with Crippen LogP contribution in [0.4, 0.5) is 0 Å². The van der Waals surface area contributed by atoms with Crippen LogP contribution in [-0.2, 0) is 24.2 Å². The van der Waals surface area contributed by atoms with E-state index in [-0.39, 0.29) is 19.5 Å². The molecule has 1 nitrogen and oxygen atoms in total. The van der Waals surface area contributed by atoms with Gasteiger partial charge in [-0.25, -0.2) is 0 Å². The Morgan fingerprint density at radius 3 is 1.57 bits per heavy atom. The maximum Gasteiger partial charge on any atom is 0.0466 e. The first kappa shape index (κ1) is 7.58. The summed E-state index contributed by atoms with van der Waals surface area (Å²) in [6.07, 6.45) is 3.93. The molecule has 0 aliphatic carbocycles. The van der Waals surface area contributed by atoms with Gasteiger partial charge in [0.15, 0.2) is 0 Å². The van der Waals surface area contributed by atoms with Crippen molar-refractivity contribution in [2.24, 2.45) is 0 Å². The zero-order valence-corrected chi connectivity index (χ0v) is 7.62. The van der Waals surface area contributed by atoms with Crippen molar-refractivity contribution in [1.29, 1.82) is 0 Å². The minimum atomic E-state index is 0. The Morgan fingerprint density at radius 1 is 0.857 bits per heavy atom. The molecule has 0 unspecified atom stereocenters. The number of rotatable bonds is 0. The van der Waals surface area contributed by atoms with Crippen LogP contribution in [0.15, 0.2) is 0 Å². The van der Waals surface area contributed by atoms with E-state index in [4.69, 9.17) is 4.74 Å². The SMILES string of the molecule is C1CCOCC1.[Zn]. The van der Waals surface area contributed by atoms with Gasteiger partial charge in [0.1, 0.15) is 0 Å². The zero-order chi connectivity index (χ0) is 4.24. The van der Waals surface area contributed by atoms with Crippen LogP contribution in [0, 0.1) is 0 Å². The Bertz CT molecular complexity index is 23.6. The minimum Gasteiger partial charge on any atom is -0.381 e. The smallest absolute Gasteiger partial charge is 0.0466 e. The molecule has 0 aromatic carbocycles. The Balaban J connectivity index is 0.000000360. The topological polar surface area (TPSA) is 9.23 Å². The van der Waals surface area contributed by atoms with Gasteiger partial charge in [-0.3, -0.25) is 0 Å². The average Bonchev–Trinajstić information content (AvgIpc) is 1.72. The van der Waals surface area contributed by atoms with Crippen LogP contribution in [0.1, 0.15) is 19.3 Å². The van der Waals surface area contributed by atoms with Gasteiger partial charge >= 0.3 is 0 Å². The minimum absolute atomic E-state index is 0. The summed E-state index contributed by atoms with van der Waals surface area (Å²) in [6, 6.07) is 0. The molecule has 0 radical (unpaired) electrons. The summed E-state index contributed by atoms with van der Waals surface area (Å²) in [5.41, 5.74) is 0. The van der Waals surface area contributed by atoms with E-state index in [0.29, 0.717) is 0 Å². The quantitative estimate of drug-likeness (QED) is 0.473. The van der Waals surface area contributed by atoms with Gasteiger partial charge in [0.05, 0.1) is 0 Å². The zero-order valence-electron chi connectivity index (χ0n) is 4.65. The maximum atomic E-state index is 5.07. The predicted octanol–water partition coefficient (Wildman–Crippen LogP) is 1.18. The van der Waals surface area contributed by atoms with Gasteiger partial charge in [0, 0.05) is 32.7 Å². The van der Waals surface area contributed by atoms with Crippen LogP contribution in [0.2, 0.25) is 0 Å². The van der Waals surface area contributed by atoms with E-state index in [0.717, 1.165) is 13.2 Å². The van der Waals surface area contributed by atoms with Crippen molar-refractivity contribution in [3.8, 4) is 0 Å². The first-order valence-electron chi connectivity index (χ1n) is 2.58. The fraction of sp³-hybridized carbons (Fsp3) is 1.00. The standard InChI is InChI=1S/C5H10O.Zn/c1-2-4-6-5-3-1;/h1-5H2;. The second-order valence-corrected chi connectivity index (χ2v) is 1.67. The largest absolute Gasteiger partial charge is 0.381 e. The molecule has 0 amide bonds. The van der Waals surface area contributed by atoms with Gasteiger partial charge in [-0.05, 0) is 19.3 Å². The number of hydrogen-bond acceptors (Lipinski definition) is 1. The molecule has 0 bridgehead atoms. The van der Waals surface area contributed by atoms with E-state index in [2.05, 4.69) is 0 Å². The molecule has 0 aromatic heterocycles. The van der Waals surface area contributed by atoms with Crippen molar-refractivity contribution in [3.63, 3.8) is 0 Å². The third kappa shape index (κ3) is 3.19. The van der Waals surface area contributed by atoms with Gasteiger partial charge in [0.2, 0.25) is 0 Å². The van der Waals surface area contributed by atoms with E-state index in [1.807, 2.05) is 0 Å². The van der Waals surface area contributed by atoms with Crippen molar-refractivity contribution in [1.82, 2.24) is 0 Å². The first-order chi connectivity index (χ1) is 3.00. The molecule has 0 atom stereocenters. The van der Waals surface area contributed by atoms with Crippen molar-refractivity contribution in [2.75, 3.05) is 13.2 Å². The van der Waals surface area contributed by atoms with Crippen LogP contribution in [0.3, 0.4) is 0 Å². The third-order valence-corrected chi connectivity index (χ3v) is 1.08. The summed E-state index contributed by atoms with van der Waals surface area (Å²) in [4.78, 5) is 0. The van der Waals surface area contributed by atoms with Crippen molar-refractivity contribution in [2.45, 2.75) is 19.3 Å². The van der Waals surface area contributed by atoms with E-state index in [1.165, 1.54) is 19.3 Å². The maximum absolute atomic E-state index is 5.07. The molecule has 1 heterocycles. The van der Waals surface area contributed by atoms with Crippen LogP contribution >= 0.6 is 0 Å². The van der Waals surface area contributed by atoms with Crippen LogP contribution in [-0.4, -0.2) is 13.2 Å². The van der Waals surface area contributed by atoms with Crippen molar-refractivity contribution >= 4 is 0 Å². The summed E-state index contributed by atoms with van der Waals surface area (Å²) in [5, 5.41) is 0. The normalized spacial score (nSPS) is 20.6. The molecule has 2 heteroatoms. The molecule has 0 aromatic rings. The van der Waals surface area contributed by atoms with E-state index in [1.54, 1.807) is 0 Å². The van der Waals surface area contributed by atoms with E-state index >= 15 is 0 Å². The molecule has 1 rings (SSSR count). The van der Waals surface area contributed by atoms with E-state index < -0.39 is 0 Å². The fourth-order valence-corrected chi connectivity index (χ4v) is 0.687. The summed E-state index contributed by atoms with van der Waals surface area (Å²) in [7, 11) is 0. The average molecular weight is 152 g/mol. The molecule has 7 heavy (non-hydrogen) atoms. The van der Waals surface area contributed by atoms with Gasteiger partial charge in [-0.15, -0.1) is 0 Å².